The molecule has 0 aliphatic carbocycles. The van der Waals surface area contributed by atoms with Crippen LogP contribution in [0.1, 0.15) is 43.6 Å². The van der Waals surface area contributed by atoms with Crippen LogP contribution in [0.3, 0.4) is 0 Å². The lowest BCUT2D eigenvalue weighted by molar-refractivity contribution is -0.384. The summed E-state index contributed by atoms with van der Waals surface area (Å²) in [6.07, 6.45) is 3.44. The van der Waals surface area contributed by atoms with E-state index in [2.05, 4.69) is 5.32 Å². The molecule has 0 saturated carbocycles. The lowest BCUT2D eigenvalue weighted by atomic mass is 10.2. The number of rotatable bonds is 8. The molecule has 7 nitrogen and oxygen atoms in total. The maximum absolute atomic E-state index is 12.1. The minimum Gasteiger partial charge on any atom is -0.396 e. The molecule has 1 unspecified atom stereocenters. The van der Waals surface area contributed by atoms with Crippen LogP contribution in [0.4, 0.5) is 5.69 Å². The Morgan fingerprint density at radius 1 is 1.60 bits per heavy atom. The molecule has 0 aromatic carbocycles. The third-order valence-corrected chi connectivity index (χ3v) is 2.96. The summed E-state index contributed by atoms with van der Waals surface area (Å²) < 4.78 is 1.60. The molecule has 20 heavy (non-hydrogen) atoms. The molecule has 0 aliphatic heterocycles. The number of hydrogen-bond acceptors (Lipinski definition) is 4. The first-order valence-electron chi connectivity index (χ1n) is 6.75. The number of carbonyl (C=O) groups is 1. The van der Waals surface area contributed by atoms with Crippen molar-refractivity contribution in [2.75, 3.05) is 6.61 Å². The molecule has 1 aromatic rings. The van der Waals surface area contributed by atoms with Crippen LogP contribution in [-0.2, 0) is 6.54 Å². The van der Waals surface area contributed by atoms with Crippen molar-refractivity contribution in [3.8, 4) is 0 Å². The molecule has 1 rings (SSSR count). The number of amides is 1. The van der Waals surface area contributed by atoms with Gasteiger partial charge in [-0.25, -0.2) is 0 Å². The van der Waals surface area contributed by atoms with E-state index in [9.17, 15) is 14.9 Å². The first-order valence-corrected chi connectivity index (χ1v) is 6.75. The smallest absolute Gasteiger partial charge is 0.287 e. The highest BCUT2D eigenvalue weighted by Gasteiger charge is 2.19. The first kappa shape index (κ1) is 16.2. The van der Waals surface area contributed by atoms with Crippen LogP contribution in [0, 0.1) is 10.1 Å². The number of aromatic nitrogens is 1. The molecule has 0 spiro atoms. The molecule has 0 aliphatic rings. The predicted octanol–water partition coefficient (Wildman–Crippen LogP) is 1.70. The average molecular weight is 283 g/mol. The van der Waals surface area contributed by atoms with Crippen LogP contribution in [0.2, 0.25) is 0 Å². The second-order valence-corrected chi connectivity index (χ2v) is 4.77. The third kappa shape index (κ3) is 4.34. The van der Waals surface area contributed by atoms with Gasteiger partial charge in [0.2, 0.25) is 0 Å². The normalized spacial score (nSPS) is 12.2. The monoisotopic (exact) mass is 283 g/mol. The molecule has 1 amide bonds. The van der Waals surface area contributed by atoms with E-state index in [-0.39, 0.29) is 24.2 Å². The van der Waals surface area contributed by atoms with E-state index in [1.807, 2.05) is 13.8 Å². The van der Waals surface area contributed by atoms with Crippen LogP contribution in [0.15, 0.2) is 12.3 Å². The van der Waals surface area contributed by atoms with Crippen molar-refractivity contribution >= 4 is 11.6 Å². The highest BCUT2D eigenvalue weighted by Crippen LogP contribution is 2.17. The quantitative estimate of drug-likeness (QED) is 0.560. The lowest BCUT2D eigenvalue weighted by Crippen LogP contribution is -2.34. The Labute approximate surface area is 117 Å². The highest BCUT2D eigenvalue weighted by molar-refractivity contribution is 5.93. The van der Waals surface area contributed by atoms with Crippen LogP contribution in [-0.4, -0.2) is 33.2 Å². The van der Waals surface area contributed by atoms with Gasteiger partial charge in [0.15, 0.2) is 0 Å². The first-order chi connectivity index (χ1) is 9.49. The summed E-state index contributed by atoms with van der Waals surface area (Å²) in [5.41, 5.74) is 0.223. The number of aliphatic hydroxyl groups is 1. The van der Waals surface area contributed by atoms with Crippen LogP contribution in [0.5, 0.6) is 0 Å². The van der Waals surface area contributed by atoms with Crippen LogP contribution in [0.25, 0.3) is 0 Å². The Morgan fingerprint density at radius 2 is 2.30 bits per heavy atom. The largest absolute Gasteiger partial charge is 0.396 e. The fourth-order valence-electron chi connectivity index (χ4n) is 1.98. The number of aryl methyl sites for hydroxylation is 1. The molecule has 7 heteroatoms. The van der Waals surface area contributed by atoms with Crippen molar-refractivity contribution in [2.45, 2.75) is 45.7 Å². The molecule has 112 valence electrons. The summed E-state index contributed by atoms with van der Waals surface area (Å²) >= 11 is 0. The number of nitro groups is 1. The second-order valence-electron chi connectivity index (χ2n) is 4.77. The Morgan fingerprint density at radius 3 is 2.85 bits per heavy atom. The molecule has 1 atom stereocenters. The van der Waals surface area contributed by atoms with Crippen molar-refractivity contribution in [1.82, 2.24) is 9.88 Å². The van der Waals surface area contributed by atoms with Crippen molar-refractivity contribution in [3.05, 3.63) is 28.1 Å². The molecule has 0 saturated heterocycles. The van der Waals surface area contributed by atoms with E-state index in [0.29, 0.717) is 25.1 Å². The van der Waals surface area contributed by atoms with Gasteiger partial charge in [-0.2, -0.15) is 0 Å². The summed E-state index contributed by atoms with van der Waals surface area (Å²) in [5.74, 6) is -0.322. The van der Waals surface area contributed by atoms with Gasteiger partial charge in [-0.3, -0.25) is 14.9 Å². The Balaban J connectivity index is 2.82. The van der Waals surface area contributed by atoms with Gasteiger partial charge in [0.05, 0.1) is 11.1 Å². The van der Waals surface area contributed by atoms with Gasteiger partial charge in [-0.1, -0.05) is 6.92 Å². The Bertz CT molecular complexity index is 470. The molecule has 1 aromatic heterocycles. The summed E-state index contributed by atoms with van der Waals surface area (Å²) in [5, 5.41) is 22.3. The molecular formula is C13H21N3O4. The number of hydrogen-bond donors (Lipinski definition) is 2. The minimum atomic E-state index is -0.502. The van der Waals surface area contributed by atoms with E-state index < -0.39 is 4.92 Å². The maximum atomic E-state index is 12.1. The molecule has 0 radical (unpaired) electrons. The van der Waals surface area contributed by atoms with Crippen molar-refractivity contribution in [2.24, 2.45) is 0 Å². The maximum Gasteiger partial charge on any atom is 0.287 e. The second kappa shape index (κ2) is 7.64. The van der Waals surface area contributed by atoms with Gasteiger partial charge in [-0.05, 0) is 26.2 Å². The molecule has 1 heterocycles. The molecule has 2 N–H and O–H groups in total. The van der Waals surface area contributed by atoms with Crippen LogP contribution < -0.4 is 5.32 Å². The van der Waals surface area contributed by atoms with Crippen molar-refractivity contribution in [3.63, 3.8) is 0 Å². The predicted molar refractivity (Wildman–Crippen MR) is 74.6 cm³/mol. The molecule has 0 fully saturated rings. The van der Waals surface area contributed by atoms with Gasteiger partial charge in [0.1, 0.15) is 5.69 Å². The van der Waals surface area contributed by atoms with Crippen molar-refractivity contribution < 1.29 is 14.8 Å². The van der Waals surface area contributed by atoms with E-state index in [4.69, 9.17) is 5.11 Å². The fourth-order valence-corrected chi connectivity index (χ4v) is 1.98. The summed E-state index contributed by atoms with van der Waals surface area (Å²) in [6.45, 7) is 4.42. The summed E-state index contributed by atoms with van der Waals surface area (Å²) in [4.78, 5) is 22.4. The van der Waals surface area contributed by atoms with Gasteiger partial charge in [0.25, 0.3) is 11.6 Å². The SMILES string of the molecule is CCCn1cc([N+](=O)[O-])cc1C(=O)NC(C)CCCO. The van der Waals surface area contributed by atoms with E-state index in [1.165, 1.54) is 12.3 Å². The fraction of sp³-hybridized carbons (Fsp3) is 0.615. The van der Waals surface area contributed by atoms with Crippen molar-refractivity contribution in [1.29, 1.82) is 0 Å². The summed E-state index contributed by atoms with van der Waals surface area (Å²) in [7, 11) is 0. The van der Waals surface area contributed by atoms with Gasteiger partial charge in [0, 0.05) is 25.3 Å². The zero-order valence-electron chi connectivity index (χ0n) is 11.8. The minimum absolute atomic E-state index is 0.0772. The lowest BCUT2D eigenvalue weighted by Gasteiger charge is -2.14. The number of nitrogens with zero attached hydrogens (tertiary/aromatic N) is 2. The molecule has 0 bridgehead atoms. The van der Waals surface area contributed by atoms with Gasteiger partial charge < -0.3 is 15.0 Å². The number of aliphatic hydroxyl groups excluding tert-OH is 1. The standard InChI is InChI=1S/C13H21N3O4/c1-3-6-15-9-11(16(19)20)8-12(15)13(18)14-10(2)5-4-7-17/h8-10,17H,3-7H2,1-2H3,(H,14,18). The van der Waals surface area contributed by atoms with Gasteiger partial charge in [-0.15, -0.1) is 0 Å². The Hall–Kier alpha value is -1.89. The van der Waals surface area contributed by atoms with Crippen LogP contribution >= 0.6 is 0 Å². The third-order valence-electron chi connectivity index (χ3n) is 2.96. The topological polar surface area (TPSA) is 97.4 Å². The highest BCUT2D eigenvalue weighted by atomic mass is 16.6. The zero-order chi connectivity index (χ0) is 15.1. The average Bonchev–Trinajstić information content (AvgIpc) is 2.81. The summed E-state index contributed by atoms with van der Waals surface area (Å²) in [6, 6.07) is 1.21. The van der Waals surface area contributed by atoms with Gasteiger partial charge >= 0.3 is 0 Å². The van der Waals surface area contributed by atoms with E-state index in [0.717, 1.165) is 6.42 Å². The number of carbonyl (C=O) groups excluding carboxylic acids is 1. The Kier molecular flexibility index (Phi) is 6.17. The zero-order valence-corrected chi connectivity index (χ0v) is 11.8. The van der Waals surface area contributed by atoms with E-state index in [1.54, 1.807) is 4.57 Å². The number of nitrogens with one attached hydrogen (secondary N) is 1. The van der Waals surface area contributed by atoms with E-state index >= 15 is 0 Å². The molecular weight excluding hydrogens is 262 g/mol.